The van der Waals surface area contributed by atoms with Gasteiger partial charge in [-0.3, -0.25) is 0 Å². The largest absolute Gasteiger partial charge is 0.455 e. The molecule has 0 aliphatic heterocycles. The van der Waals surface area contributed by atoms with Crippen molar-refractivity contribution >= 4 is 50.2 Å². The molecule has 0 saturated carbocycles. The highest BCUT2D eigenvalue weighted by molar-refractivity contribution is 6.15. The summed E-state index contributed by atoms with van der Waals surface area (Å²) in [6, 6.07) is 47.2. The van der Waals surface area contributed by atoms with Crippen molar-refractivity contribution in [3.8, 4) is 11.1 Å². The van der Waals surface area contributed by atoms with E-state index in [0.717, 1.165) is 55.5 Å². The fourth-order valence-electron chi connectivity index (χ4n) is 6.88. The van der Waals surface area contributed by atoms with Gasteiger partial charge in [0.05, 0.1) is 5.69 Å². The first kappa shape index (κ1) is 27.0. The third-order valence-electron chi connectivity index (χ3n) is 9.27. The molecule has 2 nitrogen and oxygen atoms in total. The third-order valence-corrected chi connectivity index (χ3v) is 9.27. The van der Waals surface area contributed by atoms with Crippen molar-refractivity contribution in [3.63, 3.8) is 0 Å². The van der Waals surface area contributed by atoms with E-state index in [1.807, 2.05) is 6.08 Å². The van der Waals surface area contributed by atoms with Crippen LogP contribution in [0.4, 0.5) is 11.4 Å². The van der Waals surface area contributed by atoms with E-state index in [0.29, 0.717) is 0 Å². The molecule has 0 bridgehead atoms. The molecule has 0 N–H and O–H groups in total. The van der Waals surface area contributed by atoms with Crippen LogP contribution in [0.3, 0.4) is 0 Å². The van der Waals surface area contributed by atoms with E-state index in [-0.39, 0.29) is 5.41 Å². The van der Waals surface area contributed by atoms with Crippen LogP contribution in [0.15, 0.2) is 168 Å². The summed E-state index contributed by atoms with van der Waals surface area (Å²) in [6.45, 7) is 8.92. The number of rotatable bonds is 6. The molecular formula is C43H33NO. The van der Waals surface area contributed by atoms with Crippen molar-refractivity contribution in [2.24, 2.45) is 0 Å². The van der Waals surface area contributed by atoms with Crippen molar-refractivity contribution < 1.29 is 4.42 Å². The maximum absolute atomic E-state index is 6.44. The Hall–Kier alpha value is -5.60. The lowest BCUT2D eigenvalue weighted by atomic mass is 9.81. The molecule has 1 aliphatic rings. The van der Waals surface area contributed by atoms with Crippen molar-refractivity contribution in [3.05, 3.63) is 175 Å². The molecule has 45 heavy (non-hydrogen) atoms. The first-order valence-corrected chi connectivity index (χ1v) is 15.5. The fourth-order valence-corrected chi connectivity index (χ4v) is 6.88. The highest BCUT2D eigenvalue weighted by Gasteiger charge is 2.32. The molecule has 0 fully saturated rings. The monoisotopic (exact) mass is 579 g/mol. The van der Waals surface area contributed by atoms with Crippen LogP contribution in [0.1, 0.15) is 25.0 Å². The molecule has 6 aromatic carbocycles. The van der Waals surface area contributed by atoms with Crippen LogP contribution in [0.25, 0.3) is 49.9 Å². The Balaban J connectivity index is 1.30. The molecular weight excluding hydrogens is 546 g/mol. The number of benzene rings is 6. The average Bonchev–Trinajstić information content (AvgIpc) is 3.58. The first-order chi connectivity index (χ1) is 22.0. The molecule has 0 amide bonds. The number of allylic oxidation sites excluding steroid dienone is 3. The number of nitrogens with zero attached hydrogens (tertiary/aromatic N) is 1. The predicted molar refractivity (Wildman–Crippen MR) is 191 cm³/mol. The Morgan fingerprint density at radius 1 is 0.711 bits per heavy atom. The van der Waals surface area contributed by atoms with Crippen molar-refractivity contribution in [2.45, 2.75) is 19.3 Å². The zero-order valence-electron chi connectivity index (χ0n) is 25.5. The molecule has 1 aromatic heterocycles. The quantitative estimate of drug-likeness (QED) is 0.182. The Morgan fingerprint density at radius 2 is 1.47 bits per heavy atom. The van der Waals surface area contributed by atoms with Crippen LogP contribution in [-0.2, 0) is 5.41 Å². The minimum atomic E-state index is -0.121. The molecule has 2 heteroatoms. The SMILES string of the molecule is C=C/C(=C\C1=Cc2ccccc2C1(C)C)N(c1ccccc1)c1ccccc1-c1ccc2oc3c4ccccc4ccc3c2c1. The highest BCUT2D eigenvalue weighted by Crippen LogP contribution is 2.45. The summed E-state index contributed by atoms with van der Waals surface area (Å²) in [5, 5.41) is 4.56. The van der Waals surface area contributed by atoms with E-state index < -0.39 is 0 Å². The molecule has 0 atom stereocenters. The van der Waals surface area contributed by atoms with E-state index >= 15 is 0 Å². The molecule has 8 rings (SSSR count). The molecule has 1 aliphatic carbocycles. The fraction of sp³-hybridized carbons (Fsp3) is 0.0698. The van der Waals surface area contributed by atoms with Crippen molar-refractivity contribution in [1.82, 2.24) is 0 Å². The summed E-state index contributed by atoms with van der Waals surface area (Å²) >= 11 is 0. The van der Waals surface area contributed by atoms with Gasteiger partial charge in [0.25, 0.3) is 0 Å². The van der Waals surface area contributed by atoms with Gasteiger partial charge in [-0.2, -0.15) is 0 Å². The molecule has 1 heterocycles. The normalized spacial score (nSPS) is 14.1. The molecule has 0 radical (unpaired) electrons. The Morgan fingerprint density at radius 3 is 2.31 bits per heavy atom. The second-order valence-corrected chi connectivity index (χ2v) is 12.2. The van der Waals surface area contributed by atoms with Gasteiger partial charge >= 0.3 is 0 Å². The lowest BCUT2D eigenvalue weighted by Gasteiger charge is -2.30. The summed E-state index contributed by atoms with van der Waals surface area (Å²) in [7, 11) is 0. The molecule has 216 valence electrons. The predicted octanol–water partition coefficient (Wildman–Crippen LogP) is 12.0. The Bertz CT molecular complexity index is 2320. The van der Waals surface area contributed by atoms with Gasteiger partial charge in [0.2, 0.25) is 0 Å². The Labute approximate surface area is 263 Å². The Kier molecular flexibility index (Phi) is 6.32. The summed E-state index contributed by atoms with van der Waals surface area (Å²) in [6.07, 6.45) is 6.59. The number of hydrogen-bond donors (Lipinski definition) is 0. The van der Waals surface area contributed by atoms with Gasteiger partial charge in [0.15, 0.2) is 0 Å². The van der Waals surface area contributed by atoms with E-state index in [4.69, 9.17) is 4.42 Å². The lowest BCUT2D eigenvalue weighted by Crippen LogP contribution is -2.20. The van der Waals surface area contributed by atoms with Crippen molar-refractivity contribution in [2.75, 3.05) is 4.90 Å². The maximum Gasteiger partial charge on any atom is 0.143 e. The van der Waals surface area contributed by atoms with Gasteiger partial charge in [-0.05, 0) is 76.2 Å². The van der Waals surface area contributed by atoms with Crippen LogP contribution in [0.5, 0.6) is 0 Å². The van der Waals surface area contributed by atoms with Gasteiger partial charge in [0.1, 0.15) is 11.2 Å². The van der Waals surface area contributed by atoms with Gasteiger partial charge in [-0.15, -0.1) is 0 Å². The van der Waals surface area contributed by atoms with E-state index in [1.54, 1.807) is 0 Å². The zero-order chi connectivity index (χ0) is 30.5. The summed E-state index contributed by atoms with van der Waals surface area (Å²) in [4.78, 5) is 2.33. The van der Waals surface area contributed by atoms with Gasteiger partial charge in [-0.1, -0.05) is 124 Å². The van der Waals surface area contributed by atoms with Crippen molar-refractivity contribution in [1.29, 1.82) is 0 Å². The van der Waals surface area contributed by atoms with Crippen LogP contribution in [0.2, 0.25) is 0 Å². The molecule has 0 spiro atoms. The van der Waals surface area contributed by atoms with Gasteiger partial charge < -0.3 is 9.32 Å². The summed E-state index contributed by atoms with van der Waals surface area (Å²) < 4.78 is 6.44. The first-order valence-electron chi connectivity index (χ1n) is 15.5. The van der Waals surface area contributed by atoms with E-state index in [1.165, 1.54) is 22.1 Å². The number of hydrogen-bond acceptors (Lipinski definition) is 2. The minimum absolute atomic E-state index is 0.121. The topological polar surface area (TPSA) is 16.4 Å². The molecule has 7 aromatic rings. The second-order valence-electron chi connectivity index (χ2n) is 12.2. The minimum Gasteiger partial charge on any atom is -0.455 e. The molecule has 0 unspecified atom stereocenters. The van der Waals surface area contributed by atoms with Crippen LogP contribution >= 0.6 is 0 Å². The van der Waals surface area contributed by atoms with E-state index in [9.17, 15) is 0 Å². The molecule has 0 saturated heterocycles. The second kappa shape index (κ2) is 10.5. The third kappa shape index (κ3) is 4.41. The summed E-state index contributed by atoms with van der Waals surface area (Å²) in [5.74, 6) is 0. The van der Waals surface area contributed by atoms with Gasteiger partial charge in [-0.25, -0.2) is 0 Å². The highest BCUT2D eigenvalue weighted by atomic mass is 16.3. The van der Waals surface area contributed by atoms with E-state index in [2.05, 4.69) is 171 Å². The number of anilines is 2. The standard InChI is InChI=1S/C43H33NO/c1-4-33(28-32-26-31-15-9-12-20-39(31)43(32,2)3)44(34-16-6-5-7-17-34)40-21-13-11-18-35(40)30-23-25-41-38(27-30)37-24-22-29-14-8-10-19-36(29)42(37)45-41/h4-28H,1H2,2-3H3/b33-28+. The zero-order valence-corrected chi connectivity index (χ0v) is 25.5. The van der Waals surface area contributed by atoms with Crippen LogP contribution in [-0.4, -0.2) is 0 Å². The average molecular weight is 580 g/mol. The number of para-hydroxylation sites is 2. The summed E-state index contributed by atoms with van der Waals surface area (Å²) in [5.41, 5.74) is 11.0. The smallest absolute Gasteiger partial charge is 0.143 e. The number of fused-ring (bicyclic) bond motifs is 6. The number of furan rings is 1. The van der Waals surface area contributed by atoms with Crippen LogP contribution < -0.4 is 4.90 Å². The van der Waals surface area contributed by atoms with Crippen LogP contribution in [0, 0.1) is 0 Å². The maximum atomic E-state index is 6.44. The lowest BCUT2D eigenvalue weighted by molar-refractivity contribution is 0.654. The van der Waals surface area contributed by atoms with Gasteiger partial charge in [0, 0.05) is 38.5 Å².